The Hall–Kier alpha value is -1.69. The van der Waals surface area contributed by atoms with E-state index in [9.17, 15) is 5.11 Å². The van der Waals surface area contributed by atoms with Crippen molar-refractivity contribution >= 4 is 18.5 Å². The van der Waals surface area contributed by atoms with Crippen molar-refractivity contribution in [2.45, 2.75) is 13.3 Å². The Labute approximate surface area is 146 Å². The van der Waals surface area contributed by atoms with Gasteiger partial charge in [0, 0.05) is 6.61 Å². The minimum absolute atomic E-state index is 0.0823. The van der Waals surface area contributed by atoms with Gasteiger partial charge in [-0.1, -0.05) is 91.9 Å². The van der Waals surface area contributed by atoms with Crippen LogP contribution in [-0.2, 0) is 0 Å². The summed E-state index contributed by atoms with van der Waals surface area (Å²) in [6, 6.07) is 21.5. The topological polar surface area (TPSA) is 20.2 Å². The highest BCUT2D eigenvalue weighted by molar-refractivity contribution is 7.73. The molecule has 2 heteroatoms. The highest BCUT2D eigenvalue weighted by Crippen LogP contribution is 2.43. The quantitative estimate of drug-likeness (QED) is 0.750. The first kappa shape index (κ1) is 17.1. The molecule has 2 aromatic rings. The molecule has 3 rings (SSSR count). The van der Waals surface area contributed by atoms with Crippen molar-refractivity contribution in [1.29, 1.82) is 0 Å². The summed E-state index contributed by atoms with van der Waals surface area (Å²) in [5.41, 5.74) is -0.0823. The van der Waals surface area contributed by atoms with Crippen LogP contribution in [0.1, 0.15) is 13.3 Å². The Balaban J connectivity index is 1.87. The number of rotatable bonds is 7. The van der Waals surface area contributed by atoms with Gasteiger partial charge in [-0.05, 0) is 42.4 Å². The van der Waals surface area contributed by atoms with Crippen LogP contribution in [-0.4, -0.2) is 17.9 Å². The zero-order valence-electron chi connectivity index (χ0n) is 14.2. The Bertz CT molecular complexity index is 641. The molecule has 0 amide bonds. The molecule has 0 spiro atoms. The van der Waals surface area contributed by atoms with E-state index in [0.717, 1.165) is 12.6 Å². The van der Waals surface area contributed by atoms with Crippen LogP contribution >= 0.6 is 7.92 Å². The Morgan fingerprint density at radius 1 is 0.875 bits per heavy atom. The average molecular weight is 336 g/mol. The van der Waals surface area contributed by atoms with Gasteiger partial charge in [-0.25, -0.2) is 0 Å². The molecule has 0 aliphatic heterocycles. The van der Waals surface area contributed by atoms with E-state index in [0.29, 0.717) is 5.92 Å². The second-order valence-corrected chi connectivity index (χ2v) is 9.07. The smallest absolute Gasteiger partial charge is 0.0488 e. The molecule has 1 aliphatic rings. The first-order valence-electron chi connectivity index (χ1n) is 8.54. The van der Waals surface area contributed by atoms with Crippen LogP contribution in [0.3, 0.4) is 0 Å². The monoisotopic (exact) mass is 336 g/mol. The maximum atomic E-state index is 10.2. The van der Waals surface area contributed by atoms with Gasteiger partial charge in [0.15, 0.2) is 0 Å². The molecular formula is C22H25OP. The van der Waals surface area contributed by atoms with Crippen molar-refractivity contribution in [2.75, 3.05) is 12.8 Å². The zero-order chi connectivity index (χ0) is 16.8. The second kappa shape index (κ2) is 7.92. The normalized spacial score (nSPS) is 16.6. The van der Waals surface area contributed by atoms with Crippen molar-refractivity contribution in [2.24, 2.45) is 11.3 Å². The largest absolute Gasteiger partial charge is 0.396 e. The highest BCUT2D eigenvalue weighted by Gasteiger charge is 2.31. The lowest BCUT2D eigenvalue weighted by Gasteiger charge is -2.34. The van der Waals surface area contributed by atoms with E-state index in [1.54, 1.807) is 0 Å². The maximum Gasteiger partial charge on any atom is 0.0488 e. The van der Waals surface area contributed by atoms with Crippen molar-refractivity contribution < 1.29 is 5.11 Å². The minimum atomic E-state index is -0.473. The lowest BCUT2D eigenvalue weighted by molar-refractivity contribution is 0.147. The standard InChI is InChI=1S/C22H25OP/c1-22(17-23,16-19-10-8-9-11-19)18-24(20-12-4-2-5-13-20)21-14-6-3-7-15-21/h2-15,19,23H,16-18H2,1H3. The molecule has 1 nitrogen and oxygen atoms in total. The van der Waals surface area contributed by atoms with Crippen LogP contribution in [0.25, 0.3) is 0 Å². The molecule has 1 aliphatic carbocycles. The van der Waals surface area contributed by atoms with E-state index in [1.807, 2.05) is 0 Å². The first-order chi connectivity index (χ1) is 11.7. The molecule has 0 bridgehead atoms. The Morgan fingerprint density at radius 3 is 1.83 bits per heavy atom. The van der Waals surface area contributed by atoms with Crippen molar-refractivity contribution in [1.82, 2.24) is 0 Å². The van der Waals surface area contributed by atoms with Crippen LogP contribution < -0.4 is 10.6 Å². The van der Waals surface area contributed by atoms with Gasteiger partial charge in [0.1, 0.15) is 0 Å². The summed E-state index contributed by atoms with van der Waals surface area (Å²) in [4.78, 5) is 0. The van der Waals surface area contributed by atoms with E-state index in [2.05, 4.69) is 91.9 Å². The predicted octanol–water partition coefficient (Wildman–Crippen LogP) is 4.25. The van der Waals surface area contributed by atoms with Gasteiger partial charge in [0.25, 0.3) is 0 Å². The Morgan fingerprint density at radius 2 is 1.38 bits per heavy atom. The van der Waals surface area contributed by atoms with Crippen molar-refractivity contribution in [3.05, 3.63) is 85.0 Å². The SMILES string of the molecule is CC(CO)(CC1C=CC=C1)CP(c1ccccc1)c1ccccc1. The van der Waals surface area contributed by atoms with E-state index in [-0.39, 0.29) is 12.0 Å². The van der Waals surface area contributed by atoms with Gasteiger partial charge in [-0.3, -0.25) is 0 Å². The predicted molar refractivity (Wildman–Crippen MR) is 106 cm³/mol. The molecule has 0 fully saturated rings. The molecule has 0 saturated heterocycles. The number of aliphatic hydroxyl groups excluding tert-OH is 1. The van der Waals surface area contributed by atoms with Crippen molar-refractivity contribution in [3.8, 4) is 0 Å². The number of allylic oxidation sites excluding steroid dienone is 4. The third-order valence-electron chi connectivity index (χ3n) is 4.61. The Kier molecular flexibility index (Phi) is 5.66. The fourth-order valence-electron chi connectivity index (χ4n) is 3.29. The zero-order valence-corrected chi connectivity index (χ0v) is 15.1. The second-order valence-electron chi connectivity index (χ2n) is 6.86. The molecule has 1 atom stereocenters. The van der Waals surface area contributed by atoms with Gasteiger partial charge < -0.3 is 5.11 Å². The summed E-state index contributed by atoms with van der Waals surface area (Å²) in [6.45, 7) is 2.46. The van der Waals surface area contributed by atoms with Gasteiger partial charge in [0.2, 0.25) is 0 Å². The molecule has 0 saturated carbocycles. The molecule has 1 N–H and O–H groups in total. The lowest BCUT2D eigenvalue weighted by atomic mass is 9.84. The third kappa shape index (κ3) is 4.23. The van der Waals surface area contributed by atoms with Crippen LogP contribution in [0.15, 0.2) is 85.0 Å². The fraction of sp³-hybridized carbons (Fsp3) is 0.273. The molecular weight excluding hydrogens is 311 g/mol. The summed E-state index contributed by atoms with van der Waals surface area (Å²) < 4.78 is 0. The lowest BCUT2D eigenvalue weighted by Crippen LogP contribution is -2.31. The van der Waals surface area contributed by atoms with Crippen LogP contribution in [0, 0.1) is 11.3 Å². The van der Waals surface area contributed by atoms with Crippen LogP contribution in [0.5, 0.6) is 0 Å². The maximum absolute atomic E-state index is 10.2. The van der Waals surface area contributed by atoms with E-state index >= 15 is 0 Å². The summed E-state index contributed by atoms with van der Waals surface area (Å²) in [5.74, 6) is 0.450. The number of aliphatic hydroxyl groups is 1. The molecule has 0 heterocycles. The minimum Gasteiger partial charge on any atom is -0.396 e. The molecule has 0 aromatic heterocycles. The molecule has 0 radical (unpaired) electrons. The summed E-state index contributed by atoms with van der Waals surface area (Å²) in [6.07, 6.45) is 10.7. The van der Waals surface area contributed by atoms with Crippen molar-refractivity contribution in [3.63, 3.8) is 0 Å². The van der Waals surface area contributed by atoms with Gasteiger partial charge in [0.05, 0.1) is 0 Å². The average Bonchev–Trinajstić information content (AvgIpc) is 3.14. The number of benzene rings is 2. The van der Waals surface area contributed by atoms with E-state index < -0.39 is 7.92 Å². The highest BCUT2D eigenvalue weighted by atomic mass is 31.1. The van der Waals surface area contributed by atoms with Gasteiger partial charge >= 0.3 is 0 Å². The molecule has 24 heavy (non-hydrogen) atoms. The molecule has 2 aromatic carbocycles. The van der Waals surface area contributed by atoms with Gasteiger partial charge in [-0.2, -0.15) is 0 Å². The van der Waals surface area contributed by atoms with Crippen LogP contribution in [0.2, 0.25) is 0 Å². The van der Waals surface area contributed by atoms with E-state index in [1.165, 1.54) is 10.6 Å². The number of hydrogen-bond acceptors (Lipinski definition) is 1. The fourth-order valence-corrected chi connectivity index (χ4v) is 6.01. The molecule has 124 valence electrons. The molecule has 1 unspecified atom stereocenters. The summed E-state index contributed by atoms with van der Waals surface area (Å²) >= 11 is 0. The van der Waals surface area contributed by atoms with Crippen LogP contribution in [0.4, 0.5) is 0 Å². The van der Waals surface area contributed by atoms with E-state index in [4.69, 9.17) is 0 Å². The van der Waals surface area contributed by atoms with Gasteiger partial charge in [-0.15, -0.1) is 0 Å². The first-order valence-corrected chi connectivity index (χ1v) is 10.1. The summed E-state index contributed by atoms with van der Waals surface area (Å²) in [5, 5.41) is 12.9. The number of hydrogen-bond donors (Lipinski definition) is 1. The third-order valence-corrected chi connectivity index (χ3v) is 7.54. The summed E-state index contributed by atoms with van der Waals surface area (Å²) in [7, 11) is -0.473.